The van der Waals surface area contributed by atoms with Gasteiger partial charge in [-0.2, -0.15) is 0 Å². The first-order valence-corrected chi connectivity index (χ1v) is 6.43. The van der Waals surface area contributed by atoms with Crippen LogP contribution in [-0.4, -0.2) is 22.5 Å². The number of nitrogens with one attached hydrogen (secondary N) is 1. The van der Waals surface area contributed by atoms with Crippen molar-refractivity contribution in [2.75, 3.05) is 6.61 Å². The number of aromatic amines is 1. The molecule has 5 nitrogen and oxygen atoms in total. The van der Waals surface area contributed by atoms with Gasteiger partial charge in [0.15, 0.2) is 0 Å². The van der Waals surface area contributed by atoms with Crippen molar-refractivity contribution in [1.29, 1.82) is 0 Å². The number of nitrogens with zero attached hydrogens (tertiary/aromatic N) is 1. The Hall–Kier alpha value is -2.30. The fourth-order valence-electron chi connectivity index (χ4n) is 1.77. The van der Waals surface area contributed by atoms with Crippen LogP contribution in [-0.2, 0) is 4.79 Å². The van der Waals surface area contributed by atoms with E-state index in [2.05, 4.69) is 30.7 Å². The van der Waals surface area contributed by atoms with Crippen LogP contribution in [0.5, 0.6) is 5.75 Å². The number of hydrogen-bond donors (Lipinski definition) is 2. The fraction of sp³-hybridized carbons (Fsp3) is 0.333. The number of ether oxygens (including phenoxy) is 1. The van der Waals surface area contributed by atoms with Crippen molar-refractivity contribution < 1.29 is 9.53 Å². The van der Waals surface area contributed by atoms with Crippen molar-refractivity contribution in [3.05, 3.63) is 30.1 Å². The van der Waals surface area contributed by atoms with E-state index in [0.29, 0.717) is 6.61 Å². The third kappa shape index (κ3) is 3.38. The molecule has 0 bridgehead atoms. The molecular formula is C15H19N3O2. The number of carbonyl (C=O) groups is 1. The second kappa shape index (κ2) is 5.36. The van der Waals surface area contributed by atoms with Gasteiger partial charge in [0, 0.05) is 24.0 Å². The zero-order chi connectivity index (χ0) is 14.8. The van der Waals surface area contributed by atoms with Crippen LogP contribution in [0.3, 0.4) is 0 Å². The van der Waals surface area contributed by atoms with Crippen molar-refractivity contribution in [1.82, 2.24) is 9.97 Å². The van der Waals surface area contributed by atoms with Crippen LogP contribution >= 0.6 is 0 Å². The number of carbonyl (C=O) groups excluding carboxylic acids is 1. The normalized spacial score (nSPS) is 12.2. The second-order valence-corrected chi connectivity index (χ2v) is 5.86. The Morgan fingerprint density at radius 1 is 1.50 bits per heavy atom. The Morgan fingerprint density at radius 3 is 2.90 bits per heavy atom. The molecule has 1 amide bonds. The first-order chi connectivity index (χ1) is 9.37. The summed E-state index contributed by atoms with van der Waals surface area (Å²) in [4.78, 5) is 18.2. The van der Waals surface area contributed by atoms with Crippen LogP contribution in [0.15, 0.2) is 24.5 Å². The smallest absolute Gasteiger partial charge is 0.241 e. The summed E-state index contributed by atoms with van der Waals surface area (Å²) in [6.45, 7) is 6.92. The van der Waals surface area contributed by atoms with Gasteiger partial charge in [0.25, 0.3) is 0 Å². The Bertz CT molecular complexity index is 651. The molecule has 0 radical (unpaired) electrons. The molecule has 0 aromatic carbocycles. The highest BCUT2D eigenvalue weighted by Crippen LogP contribution is 2.29. The number of pyridine rings is 1. The third-order valence-corrected chi connectivity index (χ3v) is 2.65. The average molecular weight is 273 g/mol. The molecule has 20 heavy (non-hydrogen) atoms. The number of fused-ring (bicyclic) bond motifs is 1. The first-order valence-electron chi connectivity index (χ1n) is 6.43. The van der Waals surface area contributed by atoms with E-state index >= 15 is 0 Å². The molecule has 2 heterocycles. The summed E-state index contributed by atoms with van der Waals surface area (Å²) >= 11 is 0. The van der Waals surface area contributed by atoms with Crippen LogP contribution < -0.4 is 10.5 Å². The predicted molar refractivity (Wildman–Crippen MR) is 79.3 cm³/mol. The number of hydrogen-bond acceptors (Lipinski definition) is 3. The monoisotopic (exact) mass is 273 g/mol. The number of amides is 1. The van der Waals surface area contributed by atoms with Crippen LogP contribution in [0.4, 0.5) is 0 Å². The molecule has 0 aliphatic carbocycles. The quantitative estimate of drug-likeness (QED) is 0.840. The molecule has 2 aromatic heterocycles. The molecule has 5 heteroatoms. The van der Waals surface area contributed by atoms with E-state index in [1.165, 1.54) is 6.08 Å². The van der Waals surface area contributed by atoms with E-state index in [1.54, 1.807) is 18.5 Å². The average Bonchev–Trinajstić information content (AvgIpc) is 2.76. The minimum Gasteiger partial charge on any atom is -0.492 e. The lowest BCUT2D eigenvalue weighted by molar-refractivity contribution is -0.113. The minimum absolute atomic E-state index is 0.0646. The van der Waals surface area contributed by atoms with Crippen LogP contribution in [0.25, 0.3) is 17.1 Å². The van der Waals surface area contributed by atoms with E-state index < -0.39 is 5.91 Å². The molecule has 0 fully saturated rings. The zero-order valence-electron chi connectivity index (χ0n) is 11.9. The topological polar surface area (TPSA) is 81.0 Å². The highest BCUT2D eigenvalue weighted by Gasteiger charge is 2.14. The molecule has 0 atom stereocenters. The van der Waals surface area contributed by atoms with Crippen molar-refractivity contribution in [3.63, 3.8) is 0 Å². The number of H-pyrrole nitrogens is 1. The number of nitrogens with two attached hydrogens (primary N) is 1. The SMILES string of the molecule is CC(C)(C)COc1ccnc2[nH]cc(/C=C/C(N)=O)c12. The van der Waals surface area contributed by atoms with Gasteiger partial charge in [-0.05, 0) is 17.6 Å². The van der Waals surface area contributed by atoms with Gasteiger partial charge in [0.05, 0.1) is 12.0 Å². The van der Waals surface area contributed by atoms with Crippen LogP contribution in [0.1, 0.15) is 26.3 Å². The highest BCUT2D eigenvalue weighted by molar-refractivity contribution is 5.96. The first kappa shape index (κ1) is 14.1. The molecule has 0 saturated carbocycles. The third-order valence-electron chi connectivity index (χ3n) is 2.65. The molecule has 0 spiro atoms. The summed E-state index contributed by atoms with van der Waals surface area (Å²) in [5, 5.41) is 0.856. The summed E-state index contributed by atoms with van der Waals surface area (Å²) in [6, 6.07) is 1.82. The van der Waals surface area contributed by atoms with E-state index in [4.69, 9.17) is 10.5 Å². The maximum atomic E-state index is 10.9. The van der Waals surface area contributed by atoms with Crippen molar-refractivity contribution in [3.8, 4) is 5.75 Å². The lowest BCUT2D eigenvalue weighted by atomic mass is 9.99. The van der Waals surface area contributed by atoms with Gasteiger partial charge >= 0.3 is 0 Å². The molecule has 2 aromatic rings. The van der Waals surface area contributed by atoms with Crippen LogP contribution in [0.2, 0.25) is 0 Å². The maximum Gasteiger partial charge on any atom is 0.241 e. The van der Waals surface area contributed by atoms with Gasteiger partial charge in [-0.1, -0.05) is 20.8 Å². The second-order valence-electron chi connectivity index (χ2n) is 5.86. The molecule has 0 saturated heterocycles. The van der Waals surface area contributed by atoms with Gasteiger partial charge < -0.3 is 15.5 Å². The molecule has 0 aliphatic rings. The molecule has 0 unspecified atom stereocenters. The minimum atomic E-state index is -0.486. The molecule has 0 aliphatic heterocycles. The summed E-state index contributed by atoms with van der Waals surface area (Å²) in [7, 11) is 0. The van der Waals surface area contributed by atoms with Gasteiger partial charge in [-0.3, -0.25) is 4.79 Å². The summed E-state index contributed by atoms with van der Waals surface area (Å²) in [5.74, 6) is 0.260. The van der Waals surface area contributed by atoms with Gasteiger partial charge in [0.2, 0.25) is 5.91 Å². The predicted octanol–water partition coefficient (Wildman–Crippen LogP) is 2.49. The Labute approximate surface area is 117 Å². The number of aromatic nitrogens is 2. The lowest BCUT2D eigenvalue weighted by Gasteiger charge is -2.19. The summed E-state index contributed by atoms with van der Waals surface area (Å²) in [6.07, 6.45) is 6.45. The van der Waals surface area contributed by atoms with Crippen LogP contribution in [0, 0.1) is 5.41 Å². The van der Waals surface area contributed by atoms with Crippen molar-refractivity contribution in [2.45, 2.75) is 20.8 Å². The maximum absolute atomic E-state index is 10.9. The standard InChI is InChI=1S/C15H19N3O2/c1-15(2,3)9-20-11-6-7-17-14-13(11)10(8-18-14)4-5-12(16)19/h4-8H,9H2,1-3H3,(H2,16,19)(H,17,18)/b5-4+. The Balaban J connectivity index is 2.39. The Morgan fingerprint density at radius 2 is 2.25 bits per heavy atom. The number of rotatable bonds is 4. The fourth-order valence-corrected chi connectivity index (χ4v) is 1.77. The zero-order valence-corrected chi connectivity index (χ0v) is 11.9. The van der Waals surface area contributed by atoms with E-state index in [1.807, 2.05) is 6.07 Å². The van der Waals surface area contributed by atoms with Gasteiger partial charge in [-0.15, -0.1) is 0 Å². The van der Waals surface area contributed by atoms with Gasteiger partial charge in [-0.25, -0.2) is 4.98 Å². The molecule has 106 valence electrons. The van der Waals surface area contributed by atoms with Gasteiger partial charge in [0.1, 0.15) is 11.4 Å². The molecule has 3 N–H and O–H groups in total. The summed E-state index contributed by atoms with van der Waals surface area (Å²) < 4.78 is 5.88. The van der Waals surface area contributed by atoms with Crippen molar-refractivity contribution in [2.24, 2.45) is 11.1 Å². The molecule has 2 rings (SSSR count). The summed E-state index contributed by atoms with van der Waals surface area (Å²) in [5.41, 5.74) is 6.74. The van der Waals surface area contributed by atoms with E-state index in [0.717, 1.165) is 22.3 Å². The largest absolute Gasteiger partial charge is 0.492 e. The van der Waals surface area contributed by atoms with E-state index in [-0.39, 0.29) is 5.41 Å². The van der Waals surface area contributed by atoms with Crippen molar-refractivity contribution >= 4 is 23.0 Å². The molecular weight excluding hydrogens is 254 g/mol. The van der Waals surface area contributed by atoms with E-state index in [9.17, 15) is 4.79 Å². The highest BCUT2D eigenvalue weighted by atomic mass is 16.5. The lowest BCUT2D eigenvalue weighted by Crippen LogP contribution is -2.17. The Kier molecular flexibility index (Phi) is 3.79. The number of primary amides is 1.